The molecule has 112 valence electrons. The number of benzene rings is 2. The molecule has 0 aliphatic rings. The van der Waals surface area contributed by atoms with Gasteiger partial charge in [0.1, 0.15) is 5.75 Å². The molecule has 2 aromatic rings. The van der Waals surface area contributed by atoms with Crippen molar-refractivity contribution in [1.82, 2.24) is 5.32 Å². The smallest absolute Gasteiger partial charge is 0.219 e. The summed E-state index contributed by atoms with van der Waals surface area (Å²) in [4.78, 5) is 11.5. The Morgan fingerprint density at radius 1 is 1.33 bits per heavy atom. The first-order valence-corrected chi connectivity index (χ1v) is 7.23. The van der Waals surface area contributed by atoms with Crippen LogP contribution in [0.2, 0.25) is 0 Å². The van der Waals surface area contributed by atoms with Crippen LogP contribution in [0.15, 0.2) is 36.4 Å². The molecule has 2 rings (SSSR count). The Kier molecular flexibility index (Phi) is 5.17. The van der Waals surface area contributed by atoms with Crippen molar-refractivity contribution in [3.63, 3.8) is 0 Å². The number of carbonyl (C=O) groups excluding carboxylic acids is 1. The summed E-state index contributed by atoms with van der Waals surface area (Å²) in [7, 11) is 1.66. The minimum Gasteiger partial charge on any atom is -0.497 e. The van der Waals surface area contributed by atoms with Gasteiger partial charge >= 0.3 is 0 Å². The highest BCUT2D eigenvalue weighted by atomic mass is 16.5. The summed E-state index contributed by atoms with van der Waals surface area (Å²) < 4.78 is 5.31. The Bertz CT molecular complexity index is 625. The molecule has 0 saturated carbocycles. The lowest BCUT2D eigenvalue weighted by Gasteiger charge is -2.18. The van der Waals surface area contributed by atoms with E-state index < -0.39 is 0 Å². The van der Waals surface area contributed by atoms with E-state index in [2.05, 4.69) is 17.4 Å². The summed E-state index contributed by atoms with van der Waals surface area (Å²) >= 11 is 0. The van der Waals surface area contributed by atoms with Crippen LogP contribution in [0.1, 0.15) is 24.8 Å². The average Bonchev–Trinajstić information content (AvgIpc) is 2.54. The summed E-state index contributed by atoms with van der Waals surface area (Å²) in [5.41, 5.74) is 7.06. The average molecular weight is 286 g/mol. The first kappa shape index (κ1) is 15.3. The zero-order chi connectivity index (χ0) is 15.2. The van der Waals surface area contributed by atoms with Gasteiger partial charge in [-0.15, -0.1) is 0 Å². The second kappa shape index (κ2) is 7.09. The van der Waals surface area contributed by atoms with Crippen LogP contribution in [0.5, 0.6) is 5.75 Å². The Balaban J connectivity index is 2.35. The van der Waals surface area contributed by atoms with Gasteiger partial charge in [0.2, 0.25) is 5.91 Å². The first-order chi connectivity index (χ1) is 10.2. The number of hydrogen-bond acceptors (Lipinski definition) is 3. The molecular formula is C17H22N2O2. The van der Waals surface area contributed by atoms with Crippen molar-refractivity contribution >= 4 is 16.7 Å². The molecule has 0 aliphatic heterocycles. The molecule has 0 heterocycles. The van der Waals surface area contributed by atoms with Crippen LogP contribution in [0, 0.1) is 0 Å². The SMILES string of the molecule is CCC(=O)NCC(CN)c1cccc2ccc(OC)cc12. The summed E-state index contributed by atoms with van der Waals surface area (Å²) in [6.07, 6.45) is 0.487. The molecule has 0 radical (unpaired) electrons. The third-order valence-electron chi connectivity index (χ3n) is 3.71. The number of ether oxygens (including phenoxy) is 1. The standard InChI is InChI=1S/C17H22N2O2/c1-3-17(20)19-11-13(10-18)15-6-4-5-12-7-8-14(21-2)9-16(12)15/h4-9,13H,3,10-11,18H2,1-2H3,(H,19,20). The van der Waals surface area contributed by atoms with Gasteiger partial charge in [0.05, 0.1) is 7.11 Å². The molecule has 4 heteroatoms. The van der Waals surface area contributed by atoms with Gasteiger partial charge in [0.25, 0.3) is 0 Å². The number of amides is 1. The second-order valence-electron chi connectivity index (χ2n) is 5.02. The van der Waals surface area contributed by atoms with Gasteiger partial charge in [0.15, 0.2) is 0 Å². The maximum Gasteiger partial charge on any atom is 0.219 e. The minimum atomic E-state index is 0.0475. The highest BCUT2D eigenvalue weighted by Gasteiger charge is 2.14. The Morgan fingerprint density at radius 3 is 2.81 bits per heavy atom. The van der Waals surface area contributed by atoms with Crippen molar-refractivity contribution in [2.45, 2.75) is 19.3 Å². The lowest BCUT2D eigenvalue weighted by molar-refractivity contribution is -0.120. The van der Waals surface area contributed by atoms with Gasteiger partial charge in [-0.2, -0.15) is 0 Å². The van der Waals surface area contributed by atoms with Crippen LogP contribution in [0.25, 0.3) is 10.8 Å². The molecule has 0 saturated heterocycles. The largest absolute Gasteiger partial charge is 0.497 e. The van der Waals surface area contributed by atoms with Gasteiger partial charge in [-0.1, -0.05) is 31.2 Å². The first-order valence-electron chi connectivity index (χ1n) is 7.23. The zero-order valence-electron chi connectivity index (χ0n) is 12.6. The van der Waals surface area contributed by atoms with E-state index in [0.717, 1.165) is 22.1 Å². The van der Waals surface area contributed by atoms with Crippen LogP contribution in [-0.4, -0.2) is 26.1 Å². The van der Waals surface area contributed by atoms with Crippen LogP contribution >= 0.6 is 0 Å². The molecule has 0 spiro atoms. The lowest BCUT2D eigenvalue weighted by atomic mass is 9.93. The maximum absolute atomic E-state index is 11.5. The highest BCUT2D eigenvalue weighted by Crippen LogP contribution is 2.28. The maximum atomic E-state index is 11.5. The van der Waals surface area contributed by atoms with Crippen molar-refractivity contribution in [3.8, 4) is 5.75 Å². The van der Waals surface area contributed by atoms with Crippen molar-refractivity contribution in [1.29, 1.82) is 0 Å². The van der Waals surface area contributed by atoms with E-state index in [9.17, 15) is 4.79 Å². The molecular weight excluding hydrogens is 264 g/mol. The fourth-order valence-corrected chi connectivity index (χ4v) is 2.44. The summed E-state index contributed by atoms with van der Waals surface area (Å²) in [6.45, 7) is 2.88. The molecule has 1 unspecified atom stereocenters. The topological polar surface area (TPSA) is 64.4 Å². The quantitative estimate of drug-likeness (QED) is 0.857. The summed E-state index contributed by atoms with van der Waals surface area (Å²) in [6, 6.07) is 12.2. The normalized spacial score (nSPS) is 12.1. The third kappa shape index (κ3) is 3.52. The summed E-state index contributed by atoms with van der Waals surface area (Å²) in [5, 5.41) is 5.19. The van der Waals surface area contributed by atoms with E-state index in [1.165, 1.54) is 0 Å². The van der Waals surface area contributed by atoms with Crippen LogP contribution in [0.3, 0.4) is 0 Å². The van der Waals surface area contributed by atoms with Gasteiger partial charge in [-0.25, -0.2) is 0 Å². The van der Waals surface area contributed by atoms with E-state index in [-0.39, 0.29) is 11.8 Å². The third-order valence-corrected chi connectivity index (χ3v) is 3.71. The monoisotopic (exact) mass is 286 g/mol. The molecule has 0 aromatic heterocycles. The van der Waals surface area contributed by atoms with E-state index in [0.29, 0.717) is 19.5 Å². The molecule has 1 atom stereocenters. The molecule has 3 N–H and O–H groups in total. The number of rotatable bonds is 6. The Morgan fingerprint density at radius 2 is 2.14 bits per heavy atom. The van der Waals surface area contributed by atoms with Gasteiger partial charge in [-0.05, 0) is 28.5 Å². The van der Waals surface area contributed by atoms with E-state index in [1.54, 1.807) is 7.11 Å². The Labute approximate surface area is 125 Å². The molecule has 0 aliphatic carbocycles. The second-order valence-corrected chi connectivity index (χ2v) is 5.02. The molecule has 2 aromatic carbocycles. The molecule has 4 nitrogen and oxygen atoms in total. The fourth-order valence-electron chi connectivity index (χ4n) is 2.44. The zero-order valence-corrected chi connectivity index (χ0v) is 12.6. The van der Waals surface area contributed by atoms with Crippen molar-refractivity contribution in [3.05, 3.63) is 42.0 Å². The highest BCUT2D eigenvalue weighted by molar-refractivity contribution is 5.87. The molecule has 0 bridgehead atoms. The number of nitrogens with two attached hydrogens (primary N) is 1. The van der Waals surface area contributed by atoms with E-state index in [4.69, 9.17) is 10.5 Å². The van der Waals surface area contributed by atoms with Gasteiger partial charge in [-0.3, -0.25) is 4.79 Å². The van der Waals surface area contributed by atoms with Crippen molar-refractivity contribution in [2.24, 2.45) is 5.73 Å². The number of nitrogens with one attached hydrogen (secondary N) is 1. The van der Waals surface area contributed by atoms with E-state index >= 15 is 0 Å². The predicted octanol–water partition coefficient (Wildman–Crippen LogP) is 2.42. The summed E-state index contributed by atoms with van der Waals surface area (Å²) in [5.74, 6) is 0.964. The van der Waals surface area contributed by atoms with Crippen molar-refractivity contribution < 1.29 is 9.53 Å². The van der Waals surface area contributed by atoms with Gasteiger partial charge in [0, 0.05) is 25.4 Å². The molecule has 21 heavy (non-hydrogen) atoms. The fraction of sp³-hybridized carbons (Fsp3) is 0.353. The Hall–Kier alpha value is -2.07. The van der Waals surface area contributed by atoms with E-state index in [1.807, 2.05) is 31.2 Å². The van der Waals surface area contributed by atoms with Crippen LogP contribution in [0.4, 0.5) is 0 Å². The van der Waals surface area contributed by atoms with Crippen molar-refractivity contribution in [2.75, 3.05) is 20.2 Å². The number of methoxy groups -OCH3 is 1. The molecule has 0 fully saturated rings. The number of hydrogen-bond donors (Lipinski definition) is 2. The van der Waals surface area contributed by atoms with Crippen LogP contribution in [-0.2, 0) is 4.79 Å². The molecule has 1 amide bonds. The number of carbonyl (C=O) groups is 1. The lowest BCUT2D eigenvalue weighted by Crippen LogP contribution is -2.31. The number of fused-ring (bicyclic) bond motifs is 1. The predicted molar refractivity (Wildman–Crippen MR) is 85.6 cm³/mol. The van der Waals surface area contributed by atoms with Crippen LogP contribution < -0.4 is 15.8 Å². The van der Waals surface area contributed by atoms with Gasteiger partial charge < -0.3 is 15.8 Å². The minimum absolute atomic E-state index is 0.0475.